The van der Waals surface area contributed by atoms with Gasteiger partial charge in [0.15, 0.2) is 10.8 Å². The fourth-order valence-corrected chi connectivity index (χ4v) is 2.36. The van der Waals surface area contributed by atoms with Crippen LogP contribution < -0.4 is 11.1 Å². The molecule has 0 aliphatic carbocycles. The second-order valence-corrected chi connectivity index (χ2v) is 5.35. The lowest BCUT2D eigenvalue weighted by Gasteiger charge is -2.13. The van der Waals surface area contributed by atoms with Crippen molar-refractivity contribution in [1.82, 2.24) is 10.3 Å². The van der Waals surface area contributed by atoms with E-state index in [0.29, 0.717) is 15.6 Å². The summed E-state index contributed by atoms with van der Waals surface area (Å²) in [4.78, 5) is 16.6. The highest BCUT2D eigenvalue weighted by Gasteiger charge is 2.28. The van der Waals surface area contributed by atoms with Crippen LogP contribution >= 0.6 is 11.3 Å². The third-order valence-corrected chi connectivity index (χ3v) is 3.54. The van der Waals surface area contributed by atoms with Crippen LogP contribution in [0.1, 0.15) is 15.4 Å². The van der Waals surface area contributed by atoms with Crippen molar-refractivity contribution in [3.05, 3.63) is 29.0 Å². The summed E-state index contributed by atoms with van der Waals surface area (Å²) in [6.07, 6.45) is 1.49. The lowest BCUT2D eigenvalue weighted by Crippen LogP contribution is -2.41. The van der Waals surface area contributed by atoms with Crippen molar-refractivity contribution in [1.29, 1.82) is 0 Å². The second kappa shape index (κ2) is 5.68. The molecule has 2 heterocycles. The zero-order chi connectivity index (χ0) is 14.8. The molecule has 20 heavy (non-hydrogen) atoms. The van der Waals surface area contributed by atoms with Crippen LogP contribution in [0.3, 0.4) is 0 Å². The Hall–Kier alpha value is -1.80. The minimum atomic E-state index is -3.12. The molecule has 0 unspecified atom stereocenters. The van der Waals surface area contributed by atoms with E-state index in [-0.39, 0.29) is 5.69 Å². The maximum atomic E-state index is 13.0. The quantitative estimate of drug-likeness (QED) is 0.885. The topological polar surface area (TPSA) is 81.2 Å². The van der Waals surface area contributed by atoms with Crippen molar-refractivity contribution >= 4 is 17.2 Å². The van der Waals surface area contributed by atoms with Crippen molar-refractivity contribution < 1.29 is 18.0 Å². The number of carbonyl (C=O) groups excluding carboxylic acids is 1. The molecule has 0 atom stereocenters. The Kier molecular flexibility index (Phi) is 4.15. The van der Waals surface area contributed by atoms with Crippen LogP contribution in [-0.2, 0) is 0 Å². The number of nitrogens with one attached hydrogen (secondary N) is 1. The number of halogens is 2. The molecule has 2 aromatic heterocycles. The SMILES string of the molecule is Cc1sc(-c2ccco2)nc1C(=O)NCC(F)(F)CN. The Morgan fingerprint density at radius 2 is 2.35 bits per heavy atom. The monoisotopic (exact) mass is 301 g/mol. The van der Waals surface area contributed by atoms with Gasteiger partial charge in [0.25, 0.3) is 11.8 Å². The summed E-state index contributed by atoms with van der Waals surface area (Å²) in [6.45, 7) is 0.0659. The minimum Gasteiger partial charge on any atom is -0.462 e. The van der Waals surface area contributed by atoms with E-state index < -0.39 is 24.9 Å². The predicted molar refractivity (Wildman–Crippen MR) is 70.9 cm³/mol. The molecule has 8 heteroatoms. The first-order valence-electron chi connectivity index (χ1n) is 5.80. The Labute approximate surface area is 117 Å². The van der Waals surface area contributed by atoms with Gasteiger partial charge in [-0.25, -0.2) is 13.8 Å². The summed E-state index contributed by atoms with van der Waals surface area (Å²) in [7, 11) is 0. The van der Waals surface area contributed by atoms with Crippen LogP contribution in [0.15, 0.2) is 22.8 Å². The number of amides is 1. The Morgan fingerprint density at radius 1 is 1.60 bits per heavy atom. The molecule has 0 spiro atoms. The predicted octanol–water partition coefficient (Wildman–Crippen LogP) is 2.04. The van der Waals surface area contributed by atoms with Crippen molar-refractivity contribution in [2.75, 3.05) is 13.1 Å². The highest BCUT2D eigenvalue weighted by atomic mass is 32.1. The first-order valence-corrected chi connectivity index (χ1v) is 6.62. The number of nitrogens with two attached hydrogens (primary N) is 1. The van der Waals surface area contributed by atoms with E-state index in [1.165, 1.54) is 17.6 Å². The summed E-state index contributed by atoms with van der Waals surface area (Å²) in [6, 6.07) is 3.41. The van der Waals surface area contributed by atoms with Gasteiger partial charge < -0.3 is 15.5 Å². The minimum absolute atomic E-state index is 0.120. The number of thiazole rings is 1. The van der Waals surface area contributed by atoms with Crippen LogP contribution in [0, 0.1) is 6.92 Å². The number of rotatable bonds is 5. The van der Waals surface area contributed by atoms with Crippen LogP contribution in [0.4, 0.5) is 8.78 Å². The molecule has 0 aliphatic heterocycles. The lowest BCUT2D eigenvalue weighted by atomic mass is 10.3. The van der Waals surface area contributed by atoms with Gasteiger partial charge in [0.2, 0.25) is 0 Å². The number of alkyl halides is 2. The number of carbonyl (C=O) groups is 1. The Balaban J connectivity index is 2.11. The Bertz CT molecular complexity index is 596. The van der Waals surface area contributed by atoms with Crippen LogP contribution in [-0.4, -0.2) is 29.9 Å². The molecule has 0 bridgehead atoms. The van der Waals surface area contributed by atoms with Gasteiger partial charge in [0.05, 0.1) is 19.4 Å². The fourth-order valence-electron chi connectivity index (χ4n) is 1.48. The molecule has 3 N–H and O–H groups in total. The molecule has 0 aromatic carbocycles. The summed E-state index contributed by atoms with van der Waals surface area (Å²) in [5.74, 6) is -3.24. The van der Waals surface area contributed by atoms with E-state index in [1.54, 1.807) is 19.1 Å². The number of nitrogens with zero attached hydrogens (tertiary/aromatic N) is 1. The first-order chi connectivity index (χ1) is 9.43. The standard InChI is InChI=1S/C12H13F2N3O2S/c1-7-9(10(18)16-6-12(13,14)5-15)17-11(20-7)8-3-2-4-19-8/h2-4H,5-6,15H2,1H3,(H,16,18). The molecule has 0 radical (unpaired) electrons. The van der Waals surface area contributed by atoms with Crippen LogP contribution in [0.2, 0.25) is 0 Å². The van der Waals surface area contributed by atoms with Crippen molar-refractivity contribution in [3.63, 3.8) is 0 Å². The highest BCUT2D eigenvalue weighted by Crippen LogP contribution is 2.27. The van der Waals surface area contributed by atoms with E-state index >= 15 is 0 Å². The van der Waals surface area contributed by atoms with E-state index in [9.17, 15) is 13.6 Å². The summed E-state index contributed by atoms with van der Waals surface area (Å²) in [5.41, 5.74) is 5.02. The smallest absolute Gasteiger partial charge is 0.277 e. The van der Waals surface area contributed by atoms with Crippen LogP contribution in [0.25, 0.3) is 10.8 Å². The van der Waals surface area contributed by atoms with Gasteiger partial charge in [0, 0.05) is 4.88 Å². The highest BCUT2D eigenvalue weighted by molar-refractivity contribution is 7.15. The largest absolute Gasteiger partial charge is 0.462 e. The molecule has 108 valence electrons. The molecule has 2 rings (SSSR count). The van der Waals surface area contributed by atoms with Crippen molar-refractivity contribution in [2.45, 2.75) is 12.8 Å². The molecular formula is C12H13F2N3O2S. The maximum Gasteiger partial charge on any atom is 0.277 e. The molecule has 5 nitrogen and oxygen atoms in total. The Morgan fingerprint density at radius 3 is 2.95 bits per heavy atom. The molecule has 0 saturated heterocycles. The first kappa shape index (κ1) is 14.6. The number of hydrogen-bond acceptors (Lipinski definition) is 5. The molecule has 2 aromatic rings. The second-order valence-electron chi connectivity index (χ2n) is 4.14. The van der Waals surface area contributed by atoms with E-state index in [1.807, 2.05) is 0 Å². The van der Waals surface area contributed by atoms with Gasteiger partial charge in [0.1, 0.15) is 5.69 Å². The summed E-state index contributed by atoms with van der Waals surface area (Å²) in [5, 5.41) is 2.66. The number of aromatic nitrogens is 1. The number of furan rings is 1. The van der Waals surface area contributed by atoms with Gasteiger partial charge in [-0.15, -0.1) is 11.3 Å². The molecule has 0 fully saturated rings. The third kappa shape index (κ3) is 3.20. The van der Waals surface area contributed by atoms with E-state index in [4.69, 9.17) is 10.2 Å². The fraction of sp³-hybridized carbons (Fsp3) is 0.333. The van der Waals surface area contributed by atoms with E-state index in [2.05, 4.69) is 10.3 Å². The molecule has 1 amide bonds. The molecule has 0 saturated carbocycles. The van der Waals surface area contributed by atoms with E-state index in [0.717, 1.165) is 0 Å². The van der Waals surface area contributed by atoms with Crippen LogP contribution in [0.5, 0.6) is 0 Å². The van der Waals surface area contributed by atoms with Crippen molar-refractivity contribution in [3.8, 4) is 10.8 Å². The normalized spacial score (nSPS) is 11.6. The summed E-state index contributed by atoms with van der Waals surface area (Å²) < 4.78 is 31.1. The van der Waals surface area contributed by atoms with Gasteiger partial charge in [-0.1, -0.05) is 0 Å². The molecule has 0 aliphatic rings. The maximum absolute atomic E-state index is 13.0. The summed E-state index contributed by atoms with van der Waals surface area (Å²) >= 11 is 1.26. The third-order valence-electron chi connectivity index (χ3n) is 2.55. The average Bonchev–Trinajstić information content (AvgIpc) is 3.05. The zero-order valence-corrected chi connectivity index (χ0v) is 11.5. The zero-order valence-electron chi connectivity index (χ0n) is 10.7. The molecular weight excluding hydrogens is 288 g/mol. The number of hydrogen-bond donors (Lipinski definition) is 2. The van der Waals surface area contributed by atoms with Gasteiger partial charge in [-0.3, -0.25) is 4.79 Å². The van der Waals surface area contributed by atoms with Crippen molar-refractivity contribution in [2.24, 2.45) is 5.73 Å². The average molecular weight is 301 g/mol. The van der Waals surface area contributed by atoms with Gasteiger partial charge >= 0.3 is 0 Å². The lowest BCUT2D eigenvalue weighted by molar-refractivity contribution is 0.0118. The van der Waals surface area contributed by atoms with Gasteiger partial charge in [-0.2, -0.15) is 0 Å². The van der Waals surface area contributed by atoms with Gasteiger partial charge in [-0.05, 0) is 19.1 Å². The number of aryl methyl sites for hydroxylation is 1.